The molecule has 0 spiro atoms. The molecule has 178 valence electrons. The van der Waals surface area contributed by atoms with Gasteiger partial charge in [0.05, 0.1) is 6.61 Å². The van der Waals surface area contributed by atoms with E-state index in [4.69, 9.17) is 0 Å². The van der Waals surface area contributed by atoms with Gasteiger partial charge in [-0.1, -0.05) is 58.0 Å². The van der Waals surface area contributed by atoms with Crippen LogP contribution in [0, 0.1) is 11.8 Å². The number of urea groups is 1. The predicted octanol–water partition coefficient (Wildman–Crippen LogP) is 0.603. The zero-order chi connectivity index (χ0) is 24.3. The van der Waals surface area contributed by atoms with E-state index < -0.39 is 48.5 Å². The van der Waals surface area contributed by atoms with Crippen molar-refractivity contribution in [1.29, 1.82) is 0 Å². The highest BCUT2D eigenvalue weighted by molar-refractivity contribution is 5.93. The summed E-state index contributed by atoms with van der Waals surface area (Å²) in [6, 6.07) is 5.09. The van der Waals surface area contributed by atoms with Gasteiger partial charge < -0.3 is 31.5 Å². The Bertz CT molecular complexity index is 769. The number of carboxylic acid groups (broad SMARTS) is 1. The summed E-state index contributed by atoms with van der Waals surface area (Å²) in [4.78, 5) is 48.8. The van der Waals surface area contributed by atoms with E-state index in [1.807, 2.05) is 44.2 Å². The largest absolute Gasteiger partial charge is 0.480 e. The van der Waals surface area contributed by atoms with Crippen molar-refractivity contribution in [3.8, 4) is 0 Å². The highest BCUT2D eigenvalue weighted by atomic mass is 16.4. The maximum Gasteiger partial charge on any atom is 0.326 e. The van der Waals surface area contributed by atoms with Crippen molar-refractivity contribution < 1.29 is 29.4 Å². The Labute approximate surface area is 188 Å². The number of aliphatic hydroxyl groups excluding tert-OH is 1. The second-order valence-electron chi connectivity index (χ2n) is 8.31. The van der Waals surface area contributed by atoms with Crippen LogP contribution in [0.15, 0.2) is 30.3 Å². The first-order valence-electron chi connectivity index (χ1n) is 10.6. The molecule has 0 saturated heterocycles. The van der Waals surface area contributed by atoms with Crippen molar-refractivity contribution in [3.05, 3.63) is 35.9 Å². The summed E-state index contributed by atoms with van der Waals surface area (Å²) in [6.07, 6.45) is 0.250. The van der Waals surface area contributed by atoms with Crippen molar-refractivity contribution in [1.82, 2.24) is 21.3 Å². The van der Waals surface area contributed by atoms with E-state index in [-0.39, 0.29) is 24.8 Å². The van der Waals surface area contributed by atoms with E-state index in [2.05, 4.69) is 21.3 Å². The summed E-state index contributed by atoms with van der Waals surface area (Å²) in [7, 11) is 0. The zero-order valence-electron chi connectivity index (χ0n) is 18.9. The van der Waals surface area contributed by atoms with Gasteiger partial charge in [-0.25, -0.2) is 9.59 Å². The number of benzene rings is 1. The minimum Gasteiger partial charge on any atom is -0.480 e. The number of aliphatic carboxylic acids is 1. The van der Waals surface area contributed by atoms with Crippen LogP contribution in [0.3, 0.4) is 0 Å². The molecule has 0 aromatic heterocycles. The Kier molecular flexibility index (Phi) is 11.2. The van der Waals surface area contributed by atoms with E-state index in [1.54, 1.807) is 13.8 Å². The van der Waals surface area contributed by atoms with Gasteiger partial charge in [-0.05, 0) is 23.8 Å². The molecule has 0 bridgehead atoms. The minimum atomic E-state index is -1.28. The number of amides is 4. The highest BCUT2D eigenvalue weighted by Crippen LogP contribution is 2.08. The van der Waals surface area contributed by atoms with E-state index >= 15 is 0 Å². The molecular weight excluding hydrogens is 416 g/mol. The van der Waals surface area contributed by atoms with E-state index in [0.29, 0.717) is 0 Å². The molecule has 0 unspecified atom stereocenters. The van der Waals surface area contributed by atoms with Gasteiger partial charge in [-0.3, -0.25) is 9.59 Å². The second-order valence-corrected chi connectivity index (χ2v) is 8.31. The van der Waals surface area contributed by atoms with Gasteiger partial charge in [-0.15, -0.1) is 0 Å². The standard InChI is InChI=1S/C22H34N4O6/c1-13(2)10-16(19(28)26-18(14(3)4)21(30)31)24-20(29)17(12-27)25-22(32)23-11-15-8-6-5-7-9-15/h5-9,13-14,16-18,27H,10-12H2,1-4H3,(H,24,29)(H,26,28)(H,30,31)(H2,23,25,32)/t16-,17-,18-/m0/s1. The lowest BCUT2D eigenvalue weighted by atomic mass is 10.00. The van der Waals surface area contributed by atoms with Crippen molar-refractivity contribution in [2.45, 2.75) is 58.8 Å². The molecule has 0 aliphatic heterocycles. The van der Waals surface area contributed by atoms with Crippen LogP contribution in [0.1, 0.15) is 39.7 Å². The van der Waals surface area contributed by atoms with Crippen molar-refractivity contribution >= 4 is 23.8 Å². The molecule has 0 aliphatic carbocycles. The molecule has 32 heavy (non-hydrogen) atoms. The van der Waals surface area contributed by atoms with Crippen LogP contribution in [0.4, 0.5) is 4.79 Å². The molecule has 0 saturated carbocycles. The van der Waals surface area contributed by atoms with Gasteiger partial charge in [0.2, 0.25) is 11.8 Å². The fourth-order valence-corrected chi connectivity index (χ4v) is 2.92. The molecule has 10 nitrogen and oxygen atoms in total. The Morgan fingerprint density at radius 2 is 1.47 bits per heavy atom. The average Bonchev–Trinajstić information content (AvgIpc) is 2.73. The number of carbonyl (C=O) groups is 4. The second kappa shape index (κ2) is 13.3. The molecule has 1 aromatic rings. The zero-order valence-corrected chi connectivity index (χ0v) is 18.9. The number of carboxylic acids is 1. The minimum absolute atomic E-state index is 0.0167. The van der Waals surface area contributed by atoms with Crippen molar-refractivity contribution in [3.63, 3.8) is 0 Å². The van der Waals surface area contributed by atoms with E-state index in [0.717, 1.165) is 5.56 Å². The average molecular weight is 451 g/mol. The number of hydrogen-bond donors (Lipinski definition) is 6. The molecule has 6 N–H and O–H groups in total. The maximum atomic E-state index is 12.7. The summed E-state index contributed by atoms with van der Waals surface area (Å²) in [5.74, 6) is -2.90. The summed E-state index contributed by atoms with van der Waals surface area (Å²) in [5.41, 5.74) is 0.861. The number of aliphatic hydroxyl groups is 1. The summed E-state index contributed by atoms with van der Waals surface area (Å²) < 4.78 is 0. The number of nitrogens with one attached hydrogen (secondary N) is 4. The Hall–Kier alpha value is -3.14. The van der Waals surface area contributed by atoms with Crippen LogP contribution >= 0.6 is 0 Å². The van der Waals surface area contributed by atoms with E-state index in [9.17, 15) is 29.4 Å². The number of rotatable bonds is 12. The van der Waals surface area contributed by atoms with Crippen LogP contribution in [-0.2, 0) is 20.9 Å². The predicted molar refractivity (Wildman–Crippen MR) is 118 cm³/mol. The third kappa shape index (κ3) is 9.34. The molecule has 10 heteroatoms. The molecule has 1 aromatic carbocycles. The van der Waals surface area contributed by atoms with Gasteiger partial charge in [0.15, 0.2) is 0 Å². The number of carbonyl (C=O) groups excluding carboxylic acids is 3. The SMILES string of the molecule is CC(C)C[C@H](NC(=O)[C@H](CO)NC(=O)NCc1ccccc1)C(=O)N[C@H](C(=O)O)C(C)C. The highest BCUT2D eigenvalue weighted by Gasteiger charge is 2.30. The first-order chi connectivity index (χ1) is 15.0. The van der Waals surface area contributed by atoms with Crippen LogP contribution in [0.25, 0.3) is 0 Å². The molecular formula is C22H34N4O6. The van der Waals surface area contributed by atoms with Crippen LogP contribution in [-0.4, -0.2) is 58.8 Å². The summed E-state index contributed by atoms with van der Waals surface area (Å²) in [5, 5.41) is 28.8. The maximum absolute atomic E-state index is 12.7. The van der Waals surface area contributed by atoms with Crippen LogP contribution in [0.5, 0.6) is 0 Å². The summed E-state index contributed by atoms with van der Waals surface area (Å²) >= 11 is 0. The van der Waals surface area contributed by atoms with Gasteiger partial charge in [0.25, 0.3) is 0 Å². The fraction of sp³-hybridized carbons (Fsp3) is 0.545. The van der Waals surface area contributed by atoms with Gasteiger partial charge in [-0.2, -0.15) is 0 Å². The molecule has 3 atom stereocenters. The Morgan fingerprint density at radius 3 is 1.97 bits per heavy atom. The third-order valence-electron chi connectivity index (χ3n) is 4.67. The topological polar surface area (TPSA) is 157 Å². The third-order valence-corrected chi connectivity index (χ3v) is 4.67. The lowest BCUT2D eigenvalue weighted by Crippen LogP contribution is -2.58. The van der Waals surface area contributed by atoms with Gasteiger partial charge >= 0.3 is 12.0 Å². The molecule has 0 heterocycles. The molecule has 0 radical (unpaired) electrons. The smallest absolute Gasteiger partial charge is 0.326 e. The normalized spacial score (nSPS) is 13.7. The lowest BCUT2D eigenvalue weighted by molar-refractivity contribution is -0.143. The monoisotopic (exact) mass is 450 g/mol. The quantitative estimate of drug-likeness (QED) is 0.274. The summed E-state index contributed by atoms with van der Waals surface area (Å²) in [6.45, 7) is 6.58. The molecule has 0 aliphatic rings. The number of hydrogen-bond acceptors (Lipinski definition) is 5. The Morgan fingerprint density at radius 1 is 0.875 bits per heavy atom. The van der Waals surface area contributed by atoms with Crippen LogP contribution in [0.2, 0.25) is 0 Å². The van der Waals surface area contributed by atoms with Crippen LogP contribution < -0.4 is 21.3 Å². The first-order valence-corrected chi connectivity index (χ1v) is 10.6. The van der Waals surface area contributed by atoms with Gasteiger partial charge in [0.1, 0.15) is 18.1 Å². The lowest BCUT2D eigenvalue weighted by Gasteiger charge is -2.26. The van der Waals surface area contributed by atoms with E-state index in [1.165, 1.54) is 0 Å². The van der Waals surface area contributed by atoms with Gasteiger partial charge in [0, 0.05) is 6.54 Å². The molecule has 4 amide bonds. The van der Waals surface area contributed by atoms with Crippen molar-refractivity contribution in [2.75, 3.05) is 6.61 Å². The first kappa shape index (κ1) is 26.9. The molecule has 1 rings (SSSR count). The Balaban J connectivity index is 2.75. The fourth-order valence-electron chi connectivity index (χ4n) is 2.92. The molecule has 0 fully saturated rings. The van der Waals surface area contributed by atoms with Crippen molar-refractivity contribution in [2.24, 2.45) is 11.8 Å².